The predicted octanol–water partition coefficient (Wildman–Crippen LogP) is 5.05. The van der Waals surface area contributed by atoms with E-state index in [1.165, 1.54) is 32.1 Å². The molecule has 0 aromatic heterocycles. The maximum atomic E-state index is 9.83. The molecule has 1 rings (SSSR count). The van der Waals surface area contributed by atoms with E-state index in [2.05, 4.69) is 22.9 Å². The topological polar surface area (TPSA) is 37.3 Å². The van der Waals surface area contributed by atoms with Crippen LogP contribution in [0.1, 0.15) is 56.9 Å². The second kappa shape index (κ2) is 12.2. The van der Waals surface area contributed by atoms with Gasteiger partial charge in [0.05, 0.1) is 0 Å². The van der Waals surface area contributed by atoms with Crippen LogP contribution in [-0.4, -0.2) is 17.2 Å². The molecule has 0 amide bonds. The lowest BCUT2D eigenvalue weighted by Gasteiger charge is -2.15. The number of carbonyl (C=O) groups is 1. The lowest BCUT2D eigenvalue weighted by molar-refractivity contribution is -0.0979. The van der Waals surface area contributed by atoms with E-state index in [0.29, 0.717) is 11.7 Å². The average molecular weight is 329 g/mol. The van der Waals surface area contributed by atoms with Crippen molar-refractivity contribution in [3.05, 3.63) is 29.8 Å². The Hall–Kier alpha value is -0.830. The molecule has 0 aliphatic heterocycles. The summed E-state index contributed by atoms with van der Waals surface area (Å²) in [5.74, 6) is 0.878. The molecular formula is C16H25BrO2. The number of carbonyl (C=O) groups excluding carboxylic acids is 1. The number of aromatic hydroxyl groups is 1. The summed E-state index contributed by atoms with van der Waals surface area (Å²) in [6.07, 6.45) is 7.70. The van der Waals surface area contributed by atoms with Crippen LogP contribution in [0, 0.1) is 0 Å². The zero-order valence-electron chi connectivity index (χ0n) is 11.8. The Labute approximate surface area is 125 Å². The molecule has 19 heavy (non-hydrogen) atoms. The van der Waals surface area contributed by atoms with Gasteiger partial charge >= 0.3 is 0 Å². The number of para-hydroxylation sites is 1. The van der Waals surface area contributed by atoms with Gasteiger partial charge in [-0.05, 0) is 24.0 Å². The van der Waals surface area contributed by atoms with Gasteiger partial charge in [-0.3, -0.25) is 0 Å². The van der Waals surface area contributed by atoms with Crippen LogP contribution in [0.4, 0.5) is 0 Å². The van der Waals surface area contributed by atoms with Gasteiger partial charge in [-0.15, -0.1) is 0 Å². The first kappa shape index (κ1) is 18.2. The molecule has 2 nitrogen and oxygen atoms in total. The SMILES string of the molecule is C=O.CCCCCCCC(CBr)c1ccccc1O. The molecule has 1 atom stereocenters. The zero-order valence-corrected chi connectivity index (χ0v) is 13.4. The molecule has 1 aromatic rings. The van der Waals surface area contributed by atoms with Gasteiger partial charge in [-0.1, -0.05) is 73.2 Å². The number of phenols is 1. The molecule has 0 fully saturated rings. The standard InChI is InChI=1S/C15H23BrO.CH2O/c1-2-3-4-5-6-9-13(12-16)14-10-7-8-11-15(14)17;1-2/h7-8,10-11,13,17H,2-6,9,12H2,1H3;1H2. The summed E-state index contributed by atoms with van der Waals surface area (Å²) in [5.41, 5.74) is 1.08. The first-order valence-corrected chi connectivity index (χ1v) is 8.04. The Morgan fingerprint density at radius 3 is 2.37 bits per heavy atom. The van der Waals surface area contributed by atoms with Gasteiger partial charge in [-0.2, -0.15) is 0 Å². The summed E-state index contributed by atoms with van der Waals surface area (Å²) in [6, 6.07) is 7.70. The highest BCUT2D eigenvalue weighted by molar-refractivity contribution is 9.09. The van der Waals surface area contributed by atoms with Crippen LogP contribution in [0.25, 0.3) is 0 Å². The van der Waals surface area contributed by atoms with E-state index in [1.54, 1.807) is 6.07 Å². The van der Waals surface area contributed by atoms with Gasteiger partial charge in [0.25, 0.3) is 0 Å². The van der Waals surface area contributed by atoms with Crippen LogP contribution in [-0.2, 0) is 4.79 Å². The smallest absolute Gasteiger partial charge is 0.119 e. The summed E-state index contributed by atoms with van der Waals surface area (Å²) in [6.45, 7) is 4.24. The summed E-state index contributed by atoms with van der Waals surface area (Å²) >= 11 is 3.56. The lowest BCUT2D eigenvalue weighted by atomic mass is 9.94. The van der Waals surface area contributed by atoms with Crippen molar-refractivity contribution in [3.63, 3.8) is 0 Å². The minimum atomic E-state index is 0.436. The van der Waals surface area contributed by atoms with E-state index < -0.39 is 0 Å². The number of alkyl halides is 1. The molecule has 108 valence electrons. The molecule has 0 radical (unpaired) electrons. The minimum absolute atomic E-state index is 0.436. The summed E-state index contributed by atoms with van der Waals surface area (Å²) in [4.78, 5) is 8.00. The van der Waals surface area contributed by atoms with Crippen LogP contribution in [0.5, 0.6) is 5.75 Å². The number of rotatable bonds is 8. The Balaban J connectivity index is 0.00000154. The van der Waals surface area contributed by atoms with Crippen molar-refractivity contribution in [3.8, 4) is 5.75 Å². The van der Waals surface area contributed by atoms with Gasteiger partial charge in [0.2, 0.25) is 0 Å². The van der Waals surface area contributed by atoms with Gasteiger partial charge in [0.1, 0.15) is 12.5 Å². The molecule has 0 aliphatic rings. The average Bonchev–Trinajstić information content (AvgIpc) is 2.46. The molecule has 0 aliphatic carbocycles. The predicted molar refractivity (Wildman–Crippen MR) is 85.1 cm³/mol. The van der Waals surface area contributed by atoms with E-state index in [0.717, 1.165) is 17.3 Å². The number of phenolic OH excluding ortho intramolecular Hbond substituents is 1. The quantitative estimate of drug-likeness (QED) is 0.535. The van der Waals surface area contributed by atoms with Crippen LogP contribution in [0.2, 0.25) is 0 Å². The second-order valence-electron chi connectivity index (χ2n) is 4.61. The van der Waals surface area contributed by atoms with Crippen molar-refractivity contribution in [1.82, 2.24) is 0 Å². The molecule has 0 spiro atoms. The maximum Gasteiger partial charge on any atom is 0.119 e. The minimum Gasteiger partial charge on any atom is -0.508 e. The Morgan fingerprint density at radius 1 is 1.16 bits per heavy atom. The highest BCUT2D eigenvalue weighted by Gasteiger charge is 2.13. The molecule has 3 heteroatoms. The van der Waals surface area contributed by atoms with Crippen LogP contribution in [0.3, 0.4) is 0 Å². The fraction of sp³-hybridized carbons (Fsp3) is 0.562. The summed E-state index contributed by atoms with van der Waals surface area (Å²) in [7, 11) is 0. The molecular weight excluding hydrogens is 304 g/mol. The van der Waals surface area contributed by atoms with Crippen LogP contribution in [0.15, 0.2) is 24.3 Å². The first-order valence-electron chi connectivity index (χ1n) is 6.92. The second-order valence-corrected chi connectivity index (χ2v) is 5.26. The summed E-state index contributed by atoms with van der Waals surface area (Å²) in [5, 5.41) is 10.8. The Morgan fingerprint density at radius 2 is 1.79 bits per heavy atom. The third-order valence-electron chi connectivity index (χ3n) is 3.22. The van der Waals surface area contributed by atoms with Gasteiger partial charge < -0.3 is 9.90 Å². The Bertz CT molecular complexity index is 328. The zero-order chi connectivity index (χ0) is 14.5. The van der Waals surface area contributed by atoms with E-state index in [9.17, 15) is 5.11 Å². The number of halogens is 1. The van der Waals surface area contributed by atoms with Crippen molar-refractivity contribution in [1.29, 1.82) is 0 Å². The number of benzene rings is 1. The molecule has 1 N–H and O–H groups in total. The van der Waals surface area contributed by atoms with Crippen molar-refractivity contribution < 1.29 is 9.90 Å². The summed E-state index contributed by atoms with van der Waals surface area (Å²) < 4.78 is 0. The van der Waals surface area contributed by atoms with Crippen LogP contribution >= 0.6 is 15.9 Å². The molecule has 0 heterocycles. The third-order valence-corrected chi connectivity index (χ3v) is 4.00. The van der Waals surface area contributed by atoms with Gasteiger partial charge in [0.15, 0.2) is 0 Å². The highest BCUT2D eigenvalue weighted by atomic mass is 79.9. The van der Waals surface area contributed by atoms with E-state index in [-0.39, 0.29) is 0 Å². The van der Waals surface area contributed by atoms with Crippen molar-refractivity contribution >= 4 is 22.7 Å². The Kier molecular flexibility index (Phi) is 11.7. The number of unbranched alkanes of at least 4 members (excludes halogenated alkanes) is 4. The van der Waals surface area contributed by atoms with Crippen molar-refractivity contribution in [2.75, 3.05) is 5.33 Å². The monoisotopic (exact) mass is 328 g/mol. The fourth-order valence-corrected chi connectivity index (χ4v) is 2.82. The fourth-order valence-electron chi connectivity index (χ4n) is 2.14. The largest absolute Gasteiger partial charge is 0.508 e. The molecule has 0 bridgehead atoms. The highest BCUT2D eigenvalue weighted by Crippen LogP contribution is 2.30. The maximum absolute atomic E-state index is 9.83. The number of hydrogen-bond acceptors (Lipinski definition) is 2. The molecule has 0 saturated carbocycles. The van der Waals surface area contributed by atoms with E-state index in [1.807, 2.05) is 25.0 Å². The molecule has 1 unspecified atom stereocenters. The third kappa shape index (κ3) is 7.36. The van der Waals surface area contributed by atoms with Gasteiger partial charge in [0, 0.05) is 5.33 Å². The van der Waals surface area contributed by atoms with Gasteiger partial charge in [-0.25, -0.2) is 0 Å². The lowest BCUT2D eigenvalue weighted by Crippen LogP contribution is -2.00. The van der Waals surface area contributed by atoms with E-state index >= 15 is 0 Å². The molecule has 0 saturated heterocycles. The van der Waals surface area contributed by atoms with E-state index in [4.69, 9.17) is 4.79 Å². The molecule has 1 aromatic carbocycles. The normalized spacial score (nSPS) is 11.5. The van der Waals surface area contributed by atoms with Crippen LogP contribution < -0.4 is 0 Å². The first-order chi connectivity index (χ1) is 9.29. The van der Waals surface area contributed by atoms with Crippen molar-refractivity contribution in [2.24, 2.45) is 0 Å². The number of hydrogen-bond donors (Lipinski definition) is 1. The van der Waals surface area contributed by atoms with Crippen molar-refractivity contribution in [2.45, 2.75) is 51.4 Å².